The van der Waals surface area contributed by atoms with Crippen LogP contribution in [0, 0.1) is 0 Å². The molecule has 1 atom stereocenters. The normalized spacial score (nSPS) is 19.5. The molecule has 1 saturated heterocycles. The number of hydrogen-bond acceptors (Lipinski definition) is 4. The molecule has 1 aliphatic rings. The predicted octanol–water partition coefficient (Wildman–Crippen LogP) is 2.40. The van der Waals surface area contributed by atoms with Crippen LogP contribution < -0.4 is 0 Å². The van der Waals surface area contributed by atoms with Crippen LogP contribution in [0.5, 0.6) is 0 Å². The van der Waals surface area contributed by atoms with Gasteiger partial charge in [0.2, 0.25) is 0 Å². The van der Waals surface area contributed by atoms with Gasteiger partial charge < -0.3 is 9.47 Å². The molecule has 0 N–H and O–H groups in total. The highest BCUT2D eigenvalue weighted by Crippen LogP contribution is 2.15. The molecule has 4 heteroatoms. The van der Waals surface area contributed by atoms with Gasteiger partial charge in [-0.2, -0.15) is 0 Å². The van der Waals surface area contributed by atoms with Crippen LogP contribution in [0.4, 0.5) is 0 Å². The number of benzene rings is 1. The molecule has 2 rings (SSSR count). The standard InChI is InChI=1S/C13H16O3S/c1-17-12-4-2-10(3-5-12)13(14)9-16-11-6-7-15-8-11/h2-5,11H,6-9H2,1H3. The molecule has 92 valence electrons. The maximum atomic E-state index is 11.8. The molecule has 0 amide bonds. The molecule has 0 aromatic heterocycles. The van der Waals surface area contributed by atoms with E-state index in [1.165, 1.54) is 0 Å². The van der Waals surface area contributed by atoms with E-state index in [1.807, 2.05) is 30.5 Å². The van der Waals surface area contributed by atoms with Crippen molar-refractivity contribution in [3.8, 4) is 0 Å². The summed E-state index contributed by atoms with van der Waals surface area (Å²) in [6.45, 7) is 1.49. The third-order valence-electron chi connectivity index (χ3n) is 2.75. The lowest BCUT2D eigenvalue weighted by Gasteiger charge is -2.08. The Hall–Kier alpha value is -0.840. The van der Waals surface area contributed by atoms with Gasteiger partial charge in [0.05, 0.1) is 12.7 Å². The van der Waals surface area contributed by atoms with Crippen molar-refractivity contribution in [3.05, 3.63) is 29.8 Å². The van der Waals surface area contributed by atoms with Gasteiger partial charge in [0.1, 0.15) is 6.61 Å². The van der Waals surface area contributed by atoms with Gasteiger partial charge in [-0.15, -0.1) is 11.8 Å². The van der Waals surface area contributed by atoms with Crippen LogP contribution in [0.1, 0.15) is 16.8 Å². The first-order chi connectivity index (χ1) is 8.29. The van der Waals surface area contributed by atoms with Gasteiger partial charge in [0.25, 0.3) is 0 Å². The second-order valence-electron chi connectivity index (χ2n) is 3.95. The van der Waals surface area contributed by atoms with Gasteiger partial charge in [0.15, 0.2) is 5.78 Å². The number of carbonyl (C=O) groups excluding carboxylic acids is 1. The van der Waals surface area contributed by atoms with Crippen molar-refractivity contribution < 1.29 is 14.3 Å². The third kappa shape index (κ3) is 3.56. The van der Waals surface area contributed by atoms with Crippen LogP contribution in [0.2, 0.25) is 0 Å². The number of rotatable bonds is 5. The fourth-order valence-corrected chi connectivity index (χ4v) is 2.11. The molecule has 1 aromatic carbocycles. The Morgan fingerprint density at radius 1 is 1.47 bits per heavy atom. The number of hydrogen-bond donors (Lipinski definition) is 0. The molecular weight excluding hydrogens is 236 g/mol. The van der Waals surface area contributed by atoms with Crippen LogP contribution in [0.3, 0.4) is 0 Å². The summed E-state index contributed by atoms with van der Waals surface area (Å²) in [5.41, 5.74) is 0.710. The van der Waals surface area contributed by atoms with E-state index in [4.69, 9.17) is 9.47 Å². The van der Waals surface area contributed by atoms with E-state index in [2.05, 4.69) is 0 Å². The van der Waals surface area contributed by atoms with Gasteiger partial charge in [-0.05, 0) is 24.8 Å². The largest absolute Gasteiger partial charge is 0.379 e. The molecule has 1 heterocycles. The van der Waals surface area contributed by atoms with E-state index in [0.717, 1.165) is 17.9 Å². The number of carbonyl (C=O) groups is 1. The quantitative estimate of drug-likeness (QED) is 0.595. The molecule has 1 unspecified atom stereocenters. The second-order valence-corrected chi connectivity index (χ2v) is 4.83. The zero-order valence-electron chi connectivity index (χ0n) is 9.85. The first kappa shape index (κ1) is 12.6. The summed E-state index contributed by atoms with van der Waals surface area (Å²) in [6, 6.07) is 7.61. The van der Waals surface area contributed by atoms with Crippen molar-refractivity contribution in [2.45, 2.75) is 17.4 Å². The predicted molar refractivity (Wildman–Crippen MR) is 67.7 cm³/mol. The van der Waals surface area contributed by atoms with Gasteiger partial charge in [0, 0.05) is 17.1 Å². The molecule has 0 bridgehead atoms. The van der Waals surface area contributed by atoms with Crippen molar-refractivity contribution in [2.75, 3.05) is 26.1 Å². The Morgan fingerprint density at radius 3 is 2.82 bits per heavy atom. The molecule has 1 aliphatic heterocycles. The van der Waals surface area contributed by atoms with E-state index < -0.39 is 0 Å². The van der Waals surface area contributed by atoms with E-state index in [-0.39, 0.29) is 18.5 Å². The summed E-state index contributed by atoms with van der Waals surface area (Å²) >= 11 is 1.66. The van der Waals surface area contributed by atoms with Crippen LogP contribution in [0.25, 0.3) is 0 Å². The maximum Gasteiger partial charge on any atom is 0.188 e. The summed E-state index contributed by atoms with van der Waals surface area (Å²) in [6.07, 6.45) is 2.99. The van der Waals surface area contributed by atoms with Crippen molar-refractivity contribution in [2.24, 2.45) is 0 Å². The maximum absolute atomic E-state index is 11.8. The van der Waals surface area contributed by atoms with Crippen LogP contribution in [0.15, 0.2) is 29.2 Å². The van der Waals surface area contributed by atoms with Gasteiger partial charge in [-0.1, -0.05) is 12.1 Å². The average Bonchev–Trinajstić information content (AvgIpc) is 2.89. The molecular formula is C13H16O3S. The first-order valence-electron chi connectivity index (χ1n) is 5.66. The lowest BCUT2D eigenvalue weighted by atomic mass is 10.1. The number of thioether (sulfide) groups is 1. The number of ether oxygens (including phenoxy) is 2. The van der Waals surface area contributed by atoms with Gasteiger partial charge in [-0.3, -0.25) is 4.79 Å². The molecule has 1 fully saturated rings. The van der Waals surface area contributed by atoms with Crippen LogP contribution >= 0.6 is 11.8 Å². The minimum absolute atomic E-state index is 0.0320. The Morgan fingerprint density at radius 2 is 2.24 bits per heavy atom. The Balaban J connectivity index is 1.85. The molecule has 0 radical (unpaired) electrons. The number of Topliss-reactive ketones (excluding diaryl/α,β-unsaturated/α-hetero) is 1. The van der Waals surface area contributed by atoms with Crippen molar-refractivity contribution >= 4 is 17.5 Å². The van der Waals surface area contributed by atoms with Crippen molar-refractivity contribution in [1.82, 2.24) is 0 Å². The molecule has 17 heavy (non-hydrogen) atoms. The fourth-order valence-electron chi connectivity index (χ4n) is 1.70. The summed E-state index contributed by atoms with van der Waals surface area (Å²) in [5.74, 6) is 0.0320. The Kier molecular flexibility index (Phi) is 4.59. The second kappa shape index (κ2) is 6.19. The van der Waals surface area contributed by atoms with Crippen LogP contribution in [-0.2, 0) is 9.47 Å². The van der Waals surface area contributed by atoms with Gasteiger partial charge in [-0.25, -0.2) is 0 Å². The molecule has 1 aromatic rings. The average molecular weight is 252 g/mol. The van der Waals surface area contributed by atoms with E-state index in [1.54, 1.807) is 11.8 Å². The summed E-state index contributed by atoms with van der Waals surface area (Å²) in [4.78, 5) is 13.0. The summed E-state index contributed by atoms with van der Waals surface area (Å²) < 4.78 is 10.7. The highest BCUT2D eigenvalue weighted by Gasteiger charge is 2.17. The van der Waals surface area contributed by atoms with E-state index >= 15 is 0 Å². The fraction of sp³-hybridized carbons (Fsp3) is 0.462. The lowest BCUT2D eigenvalue weighted by molar-refractivity contribution is 0.0390. The molecule has 3 nitrogen and oxygen atoms in total. The Bertz CT molecular complexity index is 369. The zero-order chi connectivity index (χ0) is 12.1. The monoisotopic (exact) mass is 252 g/mol. The summed E-state index contributed by atoms with van der Waals surface area (Å²) in [5, 5.41) is 0. The first-order valence-corrected chi connectivity index (χ1v) is 6.88. The molecule has 0 spiro atoms. The SMILES string of the molecule is CSc1ccc(C(=O)COC2CCOC2)cc1. The molecule has 0 aliphatic carbocycles. The van der Waals surface area contributed by atoms with Crippen molar-refractivity contribution in [3.63, 3.8) is 0 Å². The van der Waals surface area contributed by atoms with Crippen molar-refractivity contribution in [1.29, 1.82) is 0 Å². The molecule has 0 saturated carbocycles. The van der Waals surface area contributed by atoms with Gasteiger partial charge >= 0.3 is 0 Å². The zero-order valence-corrected chi connectivity index (χ0v) is 10.7. The van der Waals surface area contributed by atoms with E-state index in [0.29, 0.717) is 12.2 Å². The number of ketones is 1. The minimum Gasteiger partial charge on any atom is -0.379 e. The Labute approximate surface area is 105 Å². The van der Waals surface area contributed by atoms with E-state index in [9.17, 15) is 4.79 Å². The highest BCUT2D eigenvalue weighted by atomic mass is 32.2. The highest BCUT2D eigenvalue weighted by molar-refractivity contribution is 7.98. The smallest absolute Gasteiger partial charge is 0.188 e. The van der Waals surface area contributed by atoms with Crippen LogP contribution in [-0.4, -0.2) is 38.0 Å². The third-order valence-corrected chi connectivity index (χ3v) is 3.49. The lowest BCUT2D eigenvalue weighted by Crippen LogP contribution is -2.18. The topological polar surface area (TPSA) is 35.5 Å². The summed E-state index contributed by atoms with van der Waals surface area (Å²) in [7, 11) is 0. The minimum atomic E-state index is 0.0320.